The molecule has 0 heterocycles. The van der Waals surface area contributed by atoms with Gasteiger partial charge in [-0.15, -0.1) is 6.58 Å². The van der Waals surface area contributed by atoms with Gasteiger partial charge in [0, 0.05) is 6.42 Å². The van der Waals surface area contributed by atoms with Gasteiger partial charge in [-0.05, 0) is 26.2 Å². The summed E-state index contributed by atoms with van der Waals surface area (Å²) in [6.07, 6.45) is 2.04. The van der Waals surface area contributed by atoms with Gasteiger partial charge in [-0.3, -0.25) is 4.79 Å². The topological polar surface area (TPSA) is 37.3 Å². The van der Waals surface area contributed by atoms with Gasteiger partial charge in [0.2, 0.25) is 0 Å². The summed E-state index contributed by atoms with van der Waals surface area (Å²) < 4.78 is 0. The van der Waals surface area contributed by atoms with E-state index in [-0.39, 0.29) is 11.7 Å². The quantitative estimate of drug-likeness (QED) is 0.683. The Balaban J connectivity index is 2.88. The Morgan fingerprint density at radius 1 is 1.71 bits per heavy atom. The number of carbonyl (C=O) groups is 1. The number of aliphatic hydroxyl groups is 1. The minimum Gasteiger partial charge on any atom is -0.392 e. The molecule has 3 unspecified atom stereocenters. The van der Waals surface area contributed by atoms with E-state index < -0.39 is 11.5 Å². The number of allylic oxidation sites excluding steroid dienone is 1. The molecular formula is C12H18O2. The van der Waals surface area contributed by atoms with Gasteiger partial charge in [-0.2, -0.15) is 0 Å². The van der Waals surface area contributed by atoms with E-state index in [1.807, 2.05) is 6.92 Å². The average Bonchev–Trinajstić information content (AvgIpc) is 2.13. The van der Waals surface area contributed by atoms with Gasteiger partial charge in [0.1, 0.15) is 5.78 Å². The maximum Gasteiger partial charge on any atom is 0.145 e. The summed E-state index contributed by atoms with van der Waals surface area (Å²) in [4.78, 5) is 11.8. The van der Waals surface area contributed by atoms with E-state index >= 15 is 0 Å². The third-order valence-electron chi connectivity index (χ3n) is 3.35. The monoisotopic (exact) mass is 194 g/mol. The molecule has 78 valence electrons. The van der Waals surface area contributed by atoms with Crippen molar-refractivity contribution in [2.75, 3.05) is 0 Å². The predicted octanol–water partition coefficient (Wildman–Crippen LogP) is 2.09. The highest BCUT2D eigenvalue weighted by atomic mass is 16.3. The first kappa shape index (κ1) is 11.2. The summed E-state index contributed by atoms with van der Waals surface area (Å²) >= 11 is 0. The molecule has 1 fully saturated rings. The zero-order chi connectivity index (χ0) is 10.9. The van der Waals surface area contributed by atoms with Crippen molar-refractivity contribution < 1.29 is 9.90 Å². The van der Waals surface area contributed by atoms with Gasteiger partial charge in [-0.1, -0.05) is 18.2 Å². The van der Waals surface area contributed by atoms with Gasteiger partial charge in [0.25, 0.3) is 0 Å². The van der Waals surface area contributed by atoms with Crippen LogP contribution >= 0.6 is 0 Å². The van der Waals surface area contributed by atoms with Crippen molar-refractivity contribution in [2.24, 2.45) is 11.3 Å². The van der Waals surface area contributed by atoms with E-state index in [0.29, 0.717) is 12.8 Å². The lowest BCUT2D eigenvalue weighted by Gasteiger charge is -2.38. The third kappa shape index (κ3) is 1.67. The highest BCUT2D eigenvalue weighted by Gasteiger charge is 2.43. The molecule has 0 bridgehead atoms. The molecule has 1 rings (SSSR count). The largest absolute Gasteiger partial charge is 0.392 e. The van der Waals surface area contributed by atoms with E-state index in [0.717, 1.165) is 5.57 Å². The molecule has 0 spiro atoms. The number of hydrogen-bond donors (Lipinski definition) is 1. The van der Waals surface area contributed by atoms with Gasteiger partial charge >= 0.3 is 0 Å². The van der Waals surface area contributed by atoms with Crippen LogP contribution in [0, 0.1) is 11.3 Å². The van der Waals surface area contributed by atoms with Crippen LogP contribution in [-0.4, -0.2) is 17.0 Å². The second-order valence-corrected chi connectivity index (χ2v) is 4.41. The van der Waals surface area contributed by atoms with Gasteiger partial charge in [0.15, 0.2) is 0 Å². The van der Waals surface area contributed by atoms with E-state index in [4.69, 9.17) is 0 Å². The lowest BCUT2D eigenvalue weighted by Crippen LogP contribution is -2.44. The molecule has 3 atom stereocenters. The lowest BCUT2D eigenvalue weighted by atomic mass is 9.67. The van der Waals surface area contributed by atoms with Crippen LogP contribution in [0.3, 0.4) is 0 Å². The van der Waals surface area contributed by atoms with Gasteiger partial charge in [0.05, 0.1) is 11.5 Å². The van der Waals surface area contributed by atoms with Crippen LogP contribution in [0.4, 0.5) is 0 Å². The molecule has 14 heavy (non-hydrogen) atoms. The van der Waals surface area contributed by atoms with E-state index in [1.165, 1.54) is 0 Å². The Morgan fingerprint density at radius 3 is 2.64 bits per heavy atom. The Bertz CT molecular complexity index is 280. The van der Waals surface area contributed by atoms with Crippen molar-refractivity contribution in [1.82, 2.24) is 0 Å². The average molecular weight is 194 g/mol. The number of carbonyl (C=O) groups excluding carboxylic acids is 1. The fourth-order valence-electron chi connectivity index (χ4n) is 1.85. The minimum atomic E-state index is -0.758. The molecule has 2 nitrogen and oxygen atoms in total. The number of Topliss-reactive ketones (excluding diaryl/α,β-unsaturated/α-hetero) is 1. The molecule has 2 heteroatoms. The Labute approximate surface area is 85.3 Å². The van der Waals surface area contributed by atoms with Crippen molar-refractivity contribution in [2.45, 2.75) is 32.8 Å². The molecule has 1 saturated carbocycles. The molecule has 0 saturated heterocycles. The highest BCUT2D eigenvalue weighted by Crippen LogP contribution is 2.39. The SMILES string of the molecule is C=CC1(C)C(=O)CC(C(=C)C)CC1O. The van der Waals surface area contributed by atoms with Crippen molar-refractivity contribution in [3.8, 4) is 0 Å². The smallest absolute Gasteiger partial charge is 0.145 e. The van der Waals surface area contributed by atoms with Crippen molar-refractivity contribution in [1.29, 1.82) is 0 Å². The van der Waals surface area contributed by atoms with Gasteiger partial charge in [-0.25, -0.2) is 0 Å². The second-order valence-electron chi connectivity index (χ2n) is 4.41. The number of ketones is 1. The second kappa shape index (κ2) is 3.70. The van der Waals surface area contributed by atoms with E-state index in [9.17, 15) is 9.90 Å². The zero-order valence-corrected chi connectivity index (χ0v) is 8.92. The van der Waals surface area contributed by atoms with Crippen molar-refractivity contribution in [3.05, 3.63) is 24.8 Å². The molecule has 1 N–H and O–H groups in total. The number of rotatable bonds is 2. The van der Waals surface area contributed by atoms with Crippen LogP contribution in [0.1, 0.15) is 26.7 Å². The summed E-state index contributed by atoms with van der Waals surface area (Å²) in [7, 11) is 0. The van der Waals surface area contributed by atoms with Crippen LogP contribution < -0.4 is 0 Å². The summed E-state index contributed by atoms with van der Waals surface area (Å²) in [6.45, 7) is 11.1. The molecule has 0 radical (unpaired) electrons. The Hall–Kier alpha value is -0.890. The fourth-order valence-corrected chi connectivity index (χ4v) is 1.85. The molecule has 0 aliphatic heterocycles. The van der Waals surface area contributed by atoms with E-state index in [2.05, 4.69) is 13.2 Å². The van der Waals surface area contributed by atoms with Crippen molar-refractivity contribution in [3.63, 3.8) is 0 Å². The summed E-state index contributed by atoms with van der Waals surface area (Å²) in [5, 5.41) is 9.88. The standard InChI is InChI=1S/C12H18O2/c1-5-12(4)10(13)6-9(8(2)3)7-11(12)14/h5,9-10,13H,1-2,6-7H2,3-4H3. The molecule has 1 aliphatic carbocycles. The fraction of sp³-hybridized carbons (Fsp3) is 0.583. The first-order valence-electron chi connectivity index (χ1n) is 4.92. The molecule has 0 aromatic rings. The molecule has 0 amide bonds. The van der Waals surface area contributed by atoms with Gasteiger partial charge < -0.3 is 5.11 Å². The number of aliphatic hydroxyl groups excluding tert-OH is 1. The summed E-state index contributed by atoms with van der Waals surface area (Å²) in [6, 6.07) is 0. The minimum absolute atomic E-state index is 0.0688. The molecular weight excluding hydrogens is 176 g/mol. The lowest BCUT2D eigenvalue weighted by molar-refractivity contribution is -0.136. The molecule has 0 aromatic carbocycles. The molecule has 1 aliphatic rings. The third-order valence-corrected chi connectivity index (χ3v) is 3.35. The number of hydrogen-bond acceptors (Lipinski definition) is 2. The van der Waals surface area contributed by atoms with E-state index in [1.54, 1.807) is 13.0 Å². The summed E-state index contributed by atoms with van der Waals surface area (Å²) in [5.74, 6) is 0.199. The predicted molar refractivity (Wildman–Crippen MR) is 56.9 cm³/mol. The maximum atomic E-state index is 11.8. The van der Waals surface area contributed by atoms with Crippen molar-refractivity contribution >= 4 is 5.78 Å². The first-order valence-corrected chi connectivity index (χ1v) is 4.92. The van der Waals surface area contributed by atoms with Crippen LogP contribution in [0.5, 0.6) is 0 Å². The Morgan fingerprint density at radius 2 is 2.29 bits per heavy atom. The highest BCUT2D eigenvalue weighted by molar-refractivity contribution is 5.88. The van der Waals surface area contributed by atoms with Crippen LogP contribution in [0.2, 0.25) is 0 Å². The maximum absolute atomic E-state index is 11.8. The molecule has 0 aromatic heterocycles. The zero-order valence-electron chi connectivity index (χ0n) is 8.92. The Kier molecular flexibility index (Phi) is 2.95. The normalized spacial score (nSPS) is 38.1. The van der Waals surface area contributed by atoms with Crippen LogP contribution in [0.15, 0.2) is 24.8 Å². The summed E-state index contributed by atoms with van der Waals surface area (Å²) in [5.41, 5.74) is 0.217. The van der Waals surface area contributed by atoms with Crippen LogP contribution in [-0.2, 0) is 4.79 Å². The van der Waals surface area contributed by atoms with Crippen LogP contribution in [0.25, 0.3) is 0 Å². The first-order chi connectivity index (χ1) is 6.41.